The van der Waals surface area contributed by atoms with Crippen LogP contribution in [0.25, 0.3) is 0 Å². The van der Waals surface area contributed by atoms with E-state index in [1.165, 1.54) is 0 Å². The van der Waals surface area contributed by atoms with Gasteiger partial charge in [-0.2, -0.15) is 0 Å². The first-order chi connectivity index (χ1) is 5.95. The number of primary amides is 1. The zero-order valence-corrected chi connectivity index (χ0v) is 7.11. The number of ketones is 1. The van der Waals surface area contributed by atoms with Crippen LogP contribution in [0, 0.1) is 0 Å². The molecule has 0 unspecified atom stereocenters. The molecule has 0 fully saturated rings. The van der Waals surface area contributed by atoms with Crippen molar-refractivity contribution in [1.29, 1.82) is 0 Å². The summed E-state index contributed by atoms with van der Waals surface area (Å²) >= 11 is 0. The van der Waals surface area contributed by atoms with E-state index in [9.17, 15) is 14.4 Å². The van der Waals surface area contributed by atoms with E-state index in [0.717, 1.165) is 6.92 Å². The van der Waals surface area contributed by atoms with E-state index in [0.29, 0.717) is 0 Å². The van der Waals surface area contributed by atoms with Crippen molar-refractivity contribution in [2.45, 2.75) is 13.3 Å². The fraction of sp³-hybridized carbons (Fsp3) is 0.429. The molecule has 0 aliphatic rings. The highest BCUT2D eigenvalue weighted by molar-refractivity contribution is 6.64. The van der Waals surface area contributed by atoms with E-state index >= 15 is 0 Å². The number of carboxylic acid groups (broad SMARTS) is 1. The Hall–Kier alpha value is -1.72. The molecular formula is C7H10N2O4. The maximum atomic E-state index is 10.7. The van der Waals surface area contributed by atoms with Crippen molar-refractivity contribution < 1.29 is 19.5 Å². The summed E-state index contributed by atoms with van der Waals surface area (Å²) in [5.41, 5.74) is 4.43. The van der Waals surface area contributed by atoms with Crippen LogP contribution in [0.4, 0.5) is 0 Å². The van der Waals surface area contributed by atoms with Gasteiger partial charge in [-0.15, -0.1) is 0 Å². The number of Topliss-reactive ketones (excluding diaryl/α,β-unsaturated/α-hetero) is 1. The summed E-state index contributed by atoms with van der Waals surface area (Å²) < 4.78 is 0. The highest BCUT2D eigenvalue weighted by Crippen LogP contribution is 1.86. The number of carboxylic acids is 1. The van der Waals surface area contributed by atoms with Gasteiger partial charge < -0.3 is 10.8 Å². The van der Waals surface area contributed by atoms with E-state index < -0.39 is 17.7 Å². The fourth-order valence-electron chi connectivity index (χ4n) is 0.626. The molecule has 0 radical (unpaired) electrons. The molecule has 0 rings (SSSR count). The highest BCUT2D eigenvalue weighted by Gasteiger charge is 2.11. The number of nitrogens with zero attached hydrogens (tertiary/aromatic N) is 1. The average Bonchev–Trinajstić information content (AvgIpc) is 1.95. The van der Waals surface area contributed by atoms with Crippen molar-refractivity contribution in [2.75, 3.05) is 6.54 Å². The molecule has 0 bridgehead atoms. The molecule has 0 saturated heterocycles. The largest absolute Gasteiger partial charge is 0.481 e. The molecule has 1 amide bonds. The third kappa shape index (κ3) is 4.67. The molecule has 0 saturated carbocycles. The summed E-state index contributed by atoms with van der Waals surface area (Å²) in [6.45, 7) is 1.03. The van der Waals surface area contributed by atoms with Gasteiger partial charge in [0.15, 0.2) is 11.5 Å². The van der Waals surface area contributed by atoms with Crippen molar-refractivity contribution in [3.05, 3.63) is 0 Å². The highest BCUT2D eigenvalue weighted by atomic mass is 16.4. The Morgan fingerprint density at radius 3 is 2.23 bits per heavy atom. The van der Waals surface area contributed by atoms with E-state index in [2.05, 4.69) is 4.99 Å². The summed E-state index contributed by atoms with van der Waals surface area (Å²) in [7, 11) is 0. The molecule has 0 atom stereocenters. The number of hydrogen-bond donors (Lipinski definition) is 2. The first kappa shape index (κ1) is 11.3. The van der Waals surface area contributed by atoms with Gasteiger partial charge in [0.05, 0.1) is 13.0 Å². The number of nitrogens with two attached hydrogens (primary N) is 1. The van der Waals surface area contributed by atoms with Gasteiger partial charge in [0.2, 0.25) is 0 Å². The zero-order chi connectivity index (χ0) is 10.4. The van der Waals surface area contributed by atoms with E-state index in [-0.39, 0.29) is 18.7 Å². The van der Waals surface area contributed by atoms with Crippen LogP contribution in [0.3, 0.4) is 0 Å². The van der Waals surface area contributed by atoms with Gasteiger partial charge in [0.1, 0.15) is 0 Å². The lowest BCUT2D eigenvalue weighted by Gasteiger charge is -1.95. The lowest BCUT2D eigenvalue weighted by Crippen LogP contribution is -2.29. The fourth-order valence-corrected chi connectivity index (χ4v) is 0.626. The first-order valence-electron chi connectivity index (χ1n) is 3.52. The monoisotopic (exact) mass is 186 g/mol. The SMILES string of the molecule is CC(=O)C(=NCCC(=O)O)C(N)=O. The minimum absolute atomic E-state index is 0.118. The second-order valence-electron chi connectivity index (χ2n) is 2.29. The van der Waals surface area contributed by atoms with Gasteiger partial charge in [-0.3, -0.25) is 19.4 Å². The van der Waals surface area contributed by atoms with Gasteiger partial charge in [0, 0.05) is 6.92 Å². The molecular weight excluding hydrogens is 176 g/mol. The standard InChI is InChI=1S/C7H10N2O4/c1-4(10)6(7(8)13)9-3-2-5(11)12/h2-3H2,1H3,(H2,8,13)(H,11,12). The van der Waals surface area contributed by atoms with Crippen LogP contribution >= 0.6 is 0 Å². The lowest BCUT2D eigenvalue weighted by atomic mass is 10.2. The Kier molecular flexibility index (Phi) is 4.36. The van der Waals surface area contributed by atoms with Crippen LogP contribution in [0.2, 0.25) is 0 Å². The molecule has 72 valence electrons. The van der Waals surface area contributed by atoms with Gasteiger partial charge in [-0.25, -0.2) is 0 Å². The number of hydrogen-bond acceptors (Lipinski definition) is 4. The van der Waals surface area contributed by atoms with Crippen LogP contribution in [-0.2, 0) is 14.4 Å². The van der Waals surface area contributed by atoms with Gasteiger partial charge in [0.25, 0.3) is 5.91 Å². The number of aliphatic imine (C=N–C) groups is 1. The van der Waals surface area contributed by atoms with E-state index in [1.54, 1.807) is 0 Å². The molecule has 13 heavy (non-hydrogen) atoms. The average molecular weight is 186 g/mol. The van der Waals surface area contributed by atoms with E-state index in [4.69, 9.17) is 10.8 Å². The van der Waals surface area contributed by atoms with Crippen molar-refractivity contribution in [1.82, 2.24) is 0 Å². The normalized spacial score (nSPS) is 11.0. The second-order valence-corrected chi connectivity index (χ2v) is 2.29. The predicted molar refractivity (Wildman–Crippen MR) is 44.4 cm³/mol. The molecule has 3 N–H and O–H groups in total. The summed E-state index contributed by atoms with van der Waals surface area (Å²) in [5, 5.41) is 8.23. The quantitative estimate of drug-likeness (QED) is 0.422. The summed E-state index contributed by atoms with van der Waals surface area (Å²) in [6, 6.07) is 0. The summed E-state index contributed by atoms with van der Waals surface area (Å²) in [5.74, 6) is -2.54. The number of amides is 1. The Labute approximate surface area is 74.4 Å². The first-order valence-corrected chi connectivity index (χ1v) is 3.52. The van der Waals surface area contributed by atoms with E-state index in [1.807, 2.05) is 0 Å². The zero-order valence-electron chi connectivity index (χ0n) is 7.11. The van der Waals surface area contributed by atoms with Crippen LogP contribution in [0.5, 0.6) is 0 Å². The third-order valence-corrected chi connectivity index (χ3v) is 1.16. The lowest BCUT2D eigenvalue weighted by molar-refractivity contribution is -0.136. The van der Waals surface area contributed by atoms with Gasteiger partial charge in [-0.1, -0.05) is 0 Å². The molecule has 0 heterocycles. The predicted octanol–water partition coefficient (Wildman–Crippen LogP) is -1.02. The summed E-state index contributed by atoms with van der Waals surface area (Å²) in [6.07, 6.45) is -0.232. The Balaban J connectivity index is 4.30. The maximum Gasteiger partial charge on any atom is 0.305 e. The van der Waals surface area contributed by atoms with Crippen molar-refractivity contribution in [2.24, 2.45) is 10.7 Å². The van der Waals surface area contributed by atoms with Crippen molar-refractivity contribution in [3.63, 3.8) is 0 Å². The van der Waals surface area contributed by atoms with Gasteiger partial charge >= 0.3 is 5.97 Å². The Bertz CT molecular complexity index is 254. The number of rotatable bonds is 5. The smallest absolute Gasteiger partial charge is 0.305 e. The molecule has 0 aromatic heterocycles. The molecule has 0 aliphatic carbocycles. The number of aliphatic carboxylic acids is 1. The van der Waals surface area contributed by atoms with Crippen LogP contribution in [-0.4, -0.2) is 35.0 Å². The third-order valence-electron chi connectivity index (χ3n) is 1.16. The second kappa shape index (κ2) is 5.02. The van der Waals surface area contributed by atoms with Gasteiger partial charge in [-0.05, 0) is 0 Å². The number of carbonyl (C=O) groups excluding carboxylic acids is 2. The van der Waals surface area contributed by atoms with Crippen molar-refractivity contribution in [3.8, 4) is 0 Å². The minimum Gasteiger partial charge on any atom is -0.481 e. The van der Waals surface area contributed by atoms with Crippen LogP contribution in [0.15, 0.2) is 4.99 Å². The Morgan fingerprint density at radius 1 is 1.38 bits per heavy atom. The molecule has 6 nitrogen and oxygen atoms in total. The topological polar surface area (TPSA) is 110 Å². The molecule has 6 heteroatoms. The van der Waals surface area contributed by atoms with Crippen LogP contribution < -0.4 is 5.73 Å². The molecule has 0 aromatic carbocycles. The summed E-state index contributed by atoms with van der Waals surface area (Å²) in [4.78, 5) is 34.7. The molecule has 0 aromatic rings. The number of carbonyl (C=O) groups is 3. The minimum atomic E-state index is -1.05. The van der Waals surface area contributed by atoms with Crippen LogP contribution in [0.1, 0.15) is 13.3 Å². The van der Waals surface area contributed by atoms with Crippen molar-refractivity contribution >= 4 is 23.4 Å². The maximum absolute atomic E-state index is 10.7. The Morgan fingerprint density at radius 2 is 1.92 bits per heavy atom. The molecule has 0 aliphatic heterocycles. The molecule has 0 spiro atoms.